The summed E-state index contributed by atoms with van der Waals surface area (Å²) in [6, 6.07) is 15.9. The summed E-state index contributed by atoms with van der Waals surface area (Å²) in [5, 5.41) is 1.40. The minimum atomic E-state index is 0. The first-order valence-electron chi connectivity index (χ1n) is 14.1. The number of nitrogens with one attached hydrogen (secondary N) is 2. The van der Waals surface area contributed by atoms with Gasteiger partial charge in [-0.2, -0.15) is 0 Å². The number of hydrogen-bond acceptors (Lipinski definition) is 1. The molecule has 3 heterocycles. The monoisotopic (exact) mass is 664 g/mol. The van der Waals surface area contributed by atoms with Crippen LogP contribution in [0, 0.1) is 0 Å². The van der Waals surface area contributed by atoms with E-state index in [1.54, 1.807) is 0 Å². The fourth-order valence-electron chi connectivity index (χ4n) is 6.54. The molecular weight excluding hydrogens is 624 g/mol. The first-order valence-corrected chi connectivity index (χ1v) is 14.1. The van der Waals surface area contributed by atoms with Crippen molar-refractivity contribution in [1.29, 1.82) is 0 Å². The first kappa shape index (κ1) is 32.0. The summed E-state index contributed by atoms with van der Waals surface area (Å²) in [5.74, 6) is 0.414. The first-order chi connectivity index (χ1) is 18.7. The molecule has 0 fully saturated rings. The molecule has 1 atom stereocenters. The third-order valence-electron chi connectivity index (χ3n) is 8.20. The third-order valence-corrected chi connectivity index (χ3v) is 8.20. The summed E-state index contributed by atoms with van der Waals surface area (Å²) >= 11 is 0. The van der Waals surface area contributed by atoms with Gasteiger partial charge < -0.3 is 48.3 Å². The number of aliphatic imine (C=N–C) groups is 1. The second-order valence-corrected chi connectivity index (χ2v) is 10.8. The van der Waals surface area contributed by atoms with Crippen molar-refractivity contribution in [2.45, 2.75) is 44.8 Å². The van der Waals surface area contributed by atoms with Gasteiger partial charge in [-0.1, -0.05) is 50.6 Å². The highest BCUT2D eigenvalue weighted by molar-refractivity contribution is 5.98. The summed E-state index contributed by atoms with van der Waals surface area (Å²) < 4.78 is 2.59. The second kappa shape index (κ2) is 14.9. The lowest BCUT2D eigenvalue weighted by molar-refractivity contribution is -0.902. The van der Waals surface area contributed by atoms with Crippen LogP contribution < -0.4 is 43.8 Å². The smallest absolute Gasteiger partial charge is 0.106 e. The molecule has 0 amide bonds. The molecular formula is C34H42Br2N4. The van der Waals surface area contributed by atoms with Crippen LogP contribution in [0.4, 0.5) is 5.69 Å². The van der Waals surface area contributed by atoms with Crippen LogP contribution in [0.15, 0.2) is 98.1 Å². The number of benzene rings is 2. The Balaban J connectivity index is 0.00000220. The van der Waals surface area contributed by atoms with E-state index in [0.717, 1.165) is 65.1 Å². The van der Waals surface area contributed by atoms with Crippen molar-refractivity contribution in [1.82, 2.24) is 4.57 Å². The summed E-state index contributed by atoms with van der Waals surface area (Å²) in [5.41, 5.74) is 9.70. The molecule has 0 saturated heterocycles. The van der Waals surface area contributed by atoms with Crippen LogP contribution in [-0.2, 0) is 26.1 Å². The molecule has 4 nitrogen and oxygen atoms in total. The van der Waals surface area contributed by atoms with Crippen molar-refractivity contribution in [3.05, 3.63) is 115 Å². The van der Waals surface area contributed by atoms with E-state index in [9.17, 15) is 0 Å². The van der Waals surface area contributed by atoms with E-state index in [1.165, 1.54) is 54.5 Å². The fraction of sp³-hybridized carbons (Fsp3) is 0.324. The van der Waals surface area contributed by atoms with Gasteiger partial charge in [0.2, 0.25) is 0 Å². The highest BCUT2D eigenvalue weighted by atomic mass is 79.9. The zero-order valence-electron chi connectivity index (χ0n) is 23.5. The van der Waals surface area contributed by atoms with Gasteiger partial charge in [0.25, 0.3) is 0 Å². The Labute approximate surface area is 261 Å². The van der Waals surface area contributed by atoms with E-state index in [2.05, 4.69) is 73.3 Å². The Morgan fingerprint density at radius 1 is 0.825 bits per heavy atom. The normalized spacial score (nSPS) is 15.6. The van der Waals surface area contributed by atoms with E-state index in [-0.39, 0.29) is 34.0 Å². The maximum absolute atomic E-state index is 5.16. The van der Waals surface area contributed by atoms with E-state index in [4.69, 9.17) is 4.99 Å². The maximum Gasteiger partial charge on any atom is 0.106 e. The van der Waals surface area contributed by atoms with Gasteiger partial charge in [-0.25, -0.2) is 0 Å². The van der Waals surface area contributed by atoms with E-state index in [1.807, 2.05) is 24.3 Å². The van der Waals surface area contributed by atoms with Crippen LogP contribution in [-0.4, -0.2) is 36.5 Å². The molecule has 0 saturated carbocycles. The van der Waals surface area contributed by atoms with Gasteiger partial charge in [-0.3, -0.25) is 4.99 Å². The quantitative estimate of drug-likeness (QED) is 0.218. The second-order valence-electron chi connectivity index (χ2n) is 10.8. The SMILES string of the molecule is C=CC[NH+](CC=C)Cc1ccc2c(c1)C1CCc3c(C[NH+](CC=C)CC=C)c4ccccc4n3CCC1=N2.[Br-].[Br-]. The zero-order valence-corrected chi connectivity index (χ0v) is 26.7. The average molecular weight is 667 g/mol. The lowest BCUT2D eigenvalue weighted by Gasteiger charge is -2.23. The minimum Gasteiger partial charge on any atom is -1.00 e. The van der Waals surface area contributed by atoms with Gasteiger partial charge in [0.1, 0.15) is 13.1 Å². The number of nitrogens with zero attached hydrogens (tertiary/aromatic N) is 2. The van der Waals surface area contributed by atoms with Crippen molar-refractivity contribution in [2.24, 2.45) is 4.99 Å². The van der Waals surface area contributed by atoms with Gasteiger partial charge in [0.05, 0.1) is 31.9 Å². The Bertz CT molecular complexity index is 1370. The Morgan fingerprint density at radius 3 is 2.15 bits per heavy atom. The molecule has 0 bridgehead atoms. The van der Waals surface area contributed by atoms with Crippen molar-refractivity contribution in [3.63, 3.8) is 0 Å². The molecule has 1 unspecified atom stereocenters. The predicted octanol–water partition coefficient (Wildman–Crippen LogP) is -1.63. The van der Waals surface area contributed by atoms with Gasteiger partial charge in [-0.15, -0.1) is 0 Å². The standard InChI is InChI=1S/C34H40N4.2BrH/c1-5-18-36(19-6-2)24-26-13-15-31-29(23-26)27-14-16-34-30(25-37(20-7-3)21-8-4)28-11-9-10-12-33(28)38(34)22-17-32(27)35-31;;/h5-13,15,23,27H,1-4,14,16-22,24-25H2;2*1H. The van der Waals surface area contributed by atoms with E-state index in [0.29, 0.717) is 5.92 Å². The van der Waals surface area contributed by atoms with E-state index < -0.39 is 0 Å². The van der Waals surface area contributed by atoms with Crippen LogP contribution in [0.5, 0.6) is 0 Å². The van der Waals surface area contributed by atoms with Crippen LogP contribution in [0.3, 0.4) is 0 Å². The molecule has 2 N–H and O–H groups in total. The molecule has 2 aliphatic heterocycles. The third kappa shape index (κ3) is 6.68. The number of rotatable bonds is 12. The van der Waals surface area contributed by atoms with Crippen molar-refractivity contribution in [3.8, 4) is 0 Å². The Kier molecular flexibility index (Phi) is 11.9. The molecule has 2 aliphatic rings. The summed E-state index contributed by atoms with van der Waals surface area (Å²) in [7, 11) is 0. The number of para-hydroxylation sites is 1. The number of aryl methyl sites for hydroxylation is 1. The largest absolute Gasteiger partial charge is 1.00 e. The van der Waals surface area contributed by atoms with Crippen LogP contribution in [0.1, 0.15) is 41.1 Å². The van der Waals surface area contributed by atoms with Crippen LogP contribution in [0.25, 0.3) is 10.9 Å². The molecule has 5 rings (SSSR count). The van der Waals surface area contributed by atoms with Gasteiger partial charge in [-0.05, 0) is 60.9 Å². The van der Waals surface area contributed by atoms with Crippen LogP contribution in [0.2, 0.25) is 0 Å². The van der Waals surface area contributed by atoms with Crippen LogP contribution >= 0.6 is 0 Å². The minimum absolute atomic E-state index is 0. The van der Waals surface area contributed by atoms with E-state index >= 15 is 0 Å². The van der Waals surface area contributed by atoms with Gasteiger partial charge >= 0.3 is 0 Å². The number of halogens is 2. The molecule has 2 aromatic carbocycles. The zero-order chi connectivity index (χ0) is 26.5. The average Bonchev–Trinajstić information content (AvgIpc) is 3.38. The molecule has 1 aromatic heterocycles. The lowest BCUT2D eigenvalue weighted by Crippen LogP contribution is -3.10. The molecule has 6 heteroatoms. The maximum atomic E-state index is 5.16. The molecule has 0 radical (unpaired) electrons. The highest BCUT2D eigenvalue weighted by Gasteiger charge is 2.31. The topological polar surface area (TPSA) is 26.2 Å². The Hall–Kier alpha value is -2.51. The molecule has 0 aliphatic carbocycles. The summed E-state index contributed by atoms with van der Waals surface area (Å²) in [6.45, 7) is 22.6. The highest BCUT2D eigenvalue weighted by Crippen LogP contribution is 2.42. The number of fused-ring (bicyclic) bond motifs is 6. The summed E-state index contributed by atoms with van der Waals surface area (Å²) in [6.07, 6.45) is 11.2. The number of hydrogen-bond donors (Lipinski definition) is 2. The summed E-state index contributed by atoms with van der Waals surface area (Å²) in [4.78, 5) is 8.11. The fourth-order valence-corrected chi connectivity index (χ4v) is 6.54. The Morgan fingerprint density at radius 2 is 1.48 bits per heavy atom. The molecule has 3 aromatic rings. The molecule has 0 spiro atoms. The van der Waals surface area contributed by atoms with Crippen molar-refractivity contribution in [2.75, 3.05) is 26.2 Å². The van der Waals surface area contributed by atoms with Gasteiger partial charge in [0.15, 0.2) is 0 Å². The van der Waals surface area contributed by atoms with Gasteiger partial charge in [0, 0.05) is 52.3 Å². The number of aromatic nitrogens is 1. The number of quaternary nitrogens is 2. The molecule has 212 valence electrons. The lowest BCUT2D eigenvalue weighted by atomic mass is 9.87. The van der Waals surface area contributed by atoms with Crippen molar-refractivity contribution < 1.29 is 43.8 Å². The predicted molar refractivity (Wildman–Crippen MR) is 161 cm³/mol. The van der Waals surface area contributed by atoms with Crippen molar-refractivity contribution >= 4 is 22.3 Å². The molecule has 40 heavy (non-hydrogen) atoms.